The third-order valence-corrected chi connectivity index (χ3v) is 6.93. The topological polar surface area (TPSA) is 78.5 Å². The molecule has 0 amide bonds. The van der Waals surface area contributed by atoms with E-state index in [4.69, 9.17) is 4.98 Å². The molecule has 150 valence electrons. The summed E-state index contributed by atoms with van der Waals surface area (Å²) in [5, 5.41) is 13.6. The second-order valence-corrected chi connectivity index (χ2v) is 8.94. The molecule has 0 saturated heterocycles. The predicted octanol–water partition coefficient (Wildman–Crippen LogP) is 4.14. The van der Waals surface area contributed by atoms with Crippen molar-refractivity contribution in [2.45, 2.75) is 51.1 Å². The first-order chi connectivity index (χ1) is 14.1. The fourth-order valence-corrected chi connectivity index (χ4v) is 5.13. The van der Waals surface area contributed by atoms with Crippen LogP contribution in [-0.2, 0) is 12.3 Å². The Bertz CT molecular complexity index is 1200. The third-order valence-electron chi connectivity index (χ3n) is 4.85. The number of nitrogens with zero attached hydrogens (tertiary/aromatic N) is 6. The van der Waals surface area contributed by atoms with E-state index in [0.717, 1.165) is 50.2 Å². The van der Waals surface area contributed by atoms with Crippen molar-refractivity contribution in [2.24, 2.45) is 0 Å². The molecule has 0 saturated carbocycles. The van der Waals surface area contributed by atoms with E-state index in [1.54, 1.807) is 16.0 Å². The number of thioether (sulfide) groups is 1. The average molecular weight is 427 g/mol. The van der Waals surface area contributed by atoms with Gasteiger partial charge in [-0.05, 0) is 48.4 Å². The highest BCUT2D eigenvalue weighted by molar-refractivity contribution is 7.98. The number of unbranched alkanes of at least 4 members (excludes halogenated alkanes) is 1. The molecule has 3 aromatic heterocycles. The maximum absolute atomic E-state index is 13.2. The van der Waals surface area contributed by atoms with Gasteiger partial charge in [-0.3, -0.25) is 9.36 Å². The van der Waals surface area contributed by atoms with Gasteiger partial charge in [0.15, 0.2) is 11.0 Å². The first-order valence-electron chi connectivity index (χ1n) is 9.56. The Morgan fingerprint density at radius 2 is 1.97 bits per heavy atom. The molecule has 0 fully saturated rings. The van der Waals surface area contributed by atoms with Gasteiger partial charge in [-0.2, -0.15) is 4.68 Å². The van der Waals surface area contributed by atoms with Crippen LogP contribution in [0.3, 0.4) is 0 Å². The average Bonchev–Trinajstić information content (AvgIpc) is 3.31. The molecule has 4 aromatic rings. The first kappa shape index (κ1) is 19.8. The molecular weight excluding hydrogens is 404 g/mol. The summed E-state index contributed by atoms with van der Waals surface area (Å²) in [5.74, 6) is 1.24. The van der Waals surface area contributed by atoms with Gasteiger partial charge in [0.25, 0.3) is 5.56 Å². The van der Waals surface area contributed by atoms with Crippen LogP contribution >= 0.6 is 23.1 Å². The van der Waals surface area contributed by atoms with Crippen molar-refractivity contribution in [3.8, 4) is 5.69 Å². The van der Waals surface area contributed by atoms with Gasteiger partial charge >= 0.3 is 0 Å². The molecule has 3 heterocycles. The van der Waals surface area contributed by atoms with E-state index in [0.29, 0.717) is 12.3 Å². The van der Waals surface area contributed by atoms with Crippen LogP contribution in [0.25, 0.3) is 15.9 Å². The molecule has 0 aliphatic rings. The Balaban J connectivity index is 1.70. The van der Waals surface area contributed by atoms with E-state index in [2.05, 4.69) is 22.4 Å². The lowest BCUT2D eigenvalue weighted by molar-refractivity contribution is 0.558. The Morgan fingerprint density at radius 1 is 1.17 bits per heavy atom. The highest BCUT2D eigenvalue weighted by atomic mass is 32.2. The van der Waals surface area contributed by atoms with Crippen molar-refractivity contribution in [1.29, 1.82) is 0 Å². The molecule has 0 unspecified atom stereocenters. The fraction of sp³-hybridized carbons (Fsp3) is 0.350. The standard InChI is InChI=1S/C20H22N6OS2/c1-4-5-11-25-19(27)17-13(2)14(3)29-18(17)21-20(25)28-12-16-22-23-24-26(16)15-9-7-6-8-10-15/h6-10H,4-5,11-12H2,1-3H3. The van der Waals surface area contributed by atoms with E-state index in [1.807, 2.05) is 48.7 Å². The maximum atomic E-state index is 13.2. The number of aromatic nitrogens is 6. The monoisotopic (exact) mass is 426 g/mol. The molecule has 1 aromatic carbocycles. The summed E-state index contributed by atoms with van der Waals surface area (Å²) in [7, 11) is 0. The molecule has 9 heteroatoms. The number of para-hydroxylation sites is 1. The first-order valence-corrected chi connectivity index (χ1v) is 11.4. The third kappa shape index (κ3) is 3.84. The quantitative estimate of drug-likeness (QED) is 0.326. The highest BCUT2D eigenvalue weighted by Crippen LogP contribution is 2.29. The zero-order valence-electron chi connectivity index (χ0n) is 16.6. The second-order valence-electron chi connectivity index (χ2n) is 6.80. The Hall–Kier alpha value is -2.52. The van der Waals surface area contributed by atoms with Gasteiger partial charge < -0.3 is 0 Å². The number of aryl methyl sites for hydroxylation is 2. The predicted molar refractivity (Wildman–Crippen MR) is 117 cm³/mol. The van der Waals surface area contributed by atoms with E-state index in [9.17, 15) is 4.79 Å². The summed E-state index contributed by atoms with van der Waals surface area (Å²) in [6.07, 6.45) is 1.95. The van der Waals surface area contributed by atoms with Gasteiger partial charge in [0.2, 0.25) is 0 Å². The van der Waals surface area contributed by atoms with Gasteiger partial charge in [0, 0.05) is 11.4 Å². The largest absolute Gasteiger partial charge is 0.287 e. The smallest absolute Gasteiger partial charge is 0.263 e. The van der Waals surface area contributed by atoms with Crippen molar-refractivity contribution in [1.82, 2.24) is 29.8 Å². The number of hydrogen-bond acceptors (Lipinski definition) is 7. The van der Waals surface area contributed by atoms with Crippen molar-refractivity contribution < 1.29 is 0 Å². The molecule has 0 N–H and O–H groups in total. The minimum absolute atomic E-state index is 0.0513. The van der Waals surface area contributed by atoms with Crippen LogP contribution < -0.4 is 5.56 Å². The molecule has 0 aliphatic heterocycles. The number of fused-ring (bicyclic) bond motifs is 1. The van der Waals surface area contributed by atoms with Gasteiger partial charge in [0.1, 0.15) is 4.83 Å². The van der Waals surface area contributed by atoms with Crippen LogP contribution in [0.1, 0.15) is 36.0 Å². The zero-order chi connectivity index (χ0) is 20.4. The molecule has 0 aliphatic carbocycles. The second kappa shape index (κ2) is 8.46. The number of thiophene rings is 1. The molecule has 7 nitrogen and oxygen atoms in total. The van der Waals surface area contributed by atoms with Crippen LogP contribution in [0, 0.1) is 13.8 Å². The summed E-state index contributed by atoms with van der Waals surface area (Å²) in [4.78, 5) is 20.0. The Morgan fingerprint density at radius 3 is 2.72 bits per heavy atom. The van der Waals surface area contributed by atoms with Gasteiger partial charge in [-0.25, -0.2) is 4.98 Å². The molecule has 0 radical (unpaired) electrons. The minimum atomic E-state index is 0.0513. The lowest BCUT2D eigenvalue weighted by Crippen LogP contribution is -2.23. The molecule has 4 rings (SSSR count). The van der Waals surface area contributed by atoms with E-state index < -0.39 is 0 Å². The summed E-state index contributed by atoms with van der Waals surface area (Å²) in [5.41, 5.74) is 2.00. The molecular formula is C20H22N6OS2. The van der Waals surface area contributed by atoms with Crippen LogP contribution in [0.5, 0.6) is 0 Å². The number of hydrogen-bond donors (Lipinski definition) is 0. The molecule has 0 spiro atoms. The molecule has 29 heavy (non-hydrogen) atoms. The Labute approximate surface area is 176 Å². The Kier molecular flexibility index (Phi) is 5.77. The number of rotatable bonds is 7. The normalized spacial score (nSPS) is 11.4. The van der Waals surface area contributed by atoms with Gasteiger partial charge in [-0.15, -0.1) is 16.4 Å². The van der Waals surface area contributed by atoms with Crippen LogP contribution in [0.4, 0.5) is 0 Å². The number of benzene rings is 1. The van der Waals surface area contributed by atoms with Crippen molar-refractivity contribution in [3.63, 3.8) is 0 Å². The number of tetrazole rings is 1. The fourth-order valence-electron chi connectivity index (χ4n) is 3.13. The van der Waals surface area contributed by atoms with Crippen molar-refractivity contribution in [2.75, 3.05) is 0 Å². The minimum Gasteiger partial charge on any atom is -0.287 e. The van der Waals surface area contributed by atoms with Gasteiger partial charge in [0.05, 0.1) is 16.8 Å². The lowest BCUT2D eigenvalue weighted by atomic mass is 10.2. The lowest BCUT2D eigenvalue weighted by Gasteiger charge is -2.11. The van der Waals surface area contributed by atoms with Crippen molar-refractivity contribution in [3.05, 3.63) is 57.0 Å². The van der Waals surface area contributed by atoms with Gasteiger partial charge in [-0.1, -0.05) is 43.3 Å². The van der Waals surface area contributed by atoms with Crippen LogP contribution in [0.2, 0.25) is 0 Å². The van der Waals surface area contributed by atoms with Crippen LogP contribution in [0.15, 0.2) is 40.3 Å². The molecule has 0 bridgehead atoms. The maximum Gasteiger partial charge on any atom is 0.263 e. The SMILES string of the molecule is CCCCn1c(SCc2nnnn2-c2ccccc2)nc2sc(C)c(C)c2c1=O. The highest BCUT2D eigenvalue weighted by Gasteiger charge is 2.18. The summed E-state index contributed by atoms with van der Waals surface area (Å²) < 4.78 is 3.53. The van der Waals surface area contributed by atoms with Crippen LogP contribution in [-0.4, -0.2) is 29.8 Å². The summed E-state index contributed by atoms with van der Waals surface area (Å²) >= 11 is 3.08. The van der Waals surface area contributed by atoms with E-state index in [-0.39, 0.29) is 5.56 Å². The molecule has 0 atom stereocenters. The summed E-state index contributed by atoms with van der Waals surface area (Å²) in [6.45, 7) is 6.83. The van der Waals surface area contributed by atoms with E-state index in [1.165, 1.54) is 11.8 Å². The zero-order valence-corrected chi connectivity index (χ0v) is 18.3. The summed E-state index contributed by atoms with van der Waals surface area (Å²) in [6, 6.07) is 9.78. The van der Waals surface area contributed by atoms with E-state index >= 15 is 0 Å². The van der Waals surface area contributed by atoms with Crippen molar-refractivity contribution >= 4 is 33.3 Å².